The van der Waals surface area contributed by atoms with Gasteiger partial charge in [0, 0.05) is 6.04 Å². The Bertz CT molecular complexity index is 380. The average molecular weight is 243 g/mol. The first-order valence-electron chi connectivity index (χ1n) is 4.94. The number of amides is 1. The summed E-state index contributed by atoms with van der Waals surface area (Å²) in [4.78, 5) is 10.6. The fourth-order valence-electron chi connectivity index (χ4n) is 1.37. The van der Waals surface area contributed by atoms with Gasteiger partial charge in [-0.3, -0.25) is 4.79 Å². The van der Waals surface area contributed by atoms with Crippen molar-refractivity contribution in [1.29, 1.82) is 0 Å². The first kappa shape index (κ1) is 12.8. The number of nitrogens with two attached hydrogens (primary N) is 2. The highest BCUT2D eigenvalue weighted by atomic mass is 35.5. The molecule has 16 heavy (non-hydrogen) atoms. The summed E-state index contributed by atoms with van der Waals surface area (Å²) in [5.74, 6) is -0.0491. The molecule has 1 aromatic carbocycles. The van der Waals surface area contributed by atoms with Gasteiger partial charge in [-0.15, -0.1) is 0 Å². The van der Waals surface area contributed by atoms with Crippen molar-refractivity contribution in [3.63, 3.8) is 0 Å². The molecule has 4 nitrogen and oxygen atoms in total. The van der Waals surface area contributed by atoms with Gasteiger partial charge in [-0.25, -0.2) is 0 Å². The molecule has 0 saturated heterocycles. The Hall–Kier alpha value is -1.26. The molecule has 5 heteroatoms. The highest BCUT2D eigenvalue weighted by Gasteiger charge is 2.10. The fourth-order valence-corrected chi connectivity index (χ4v) is 1.61. The summed E-state index contributed by atoms with van der Waals surface area (Å²) < 4.78 is 5.27. The summed E-state index contributed by atoms with van der Waals surface area (Å²) in [5.41, 5.74) is 11.6. The van der Waals surface area contributed by atoms with Crippen LogP contribution in [0.5, 0.6) is 5.75 Å². The molecule has 1 rings (SSSR count). The molecule has 4 N–H and O–H groups in total. The molecule has 0 heterocycles. The lowest BCUT2D eigenvalue weighted by atomic mass is 10.1. The van der Waals surface area contributed by atoms with Crippen LogP contribution in [0.15, 0.2) is 18.2 Å². The molecule has 1 aromatic rings. The maximum atomic E-state index is 10.6. The quantitative estimate of drug-likeness (QED) is 0.812. The largest absolute Gasteiger partial charge is 0.482 e. The van der Waals surface area contributed by atoms with Gasteiger partial charge in [0.25, 0.3) is 5.91 Å². The maximum absolute atomic E-state index is 10.6. The van der Waals surface area contributed by atoms with Crippen LogP contribution in [0.2, 0.25) is 5.02 Å². The number of para-hydroxylation sites is 1. The van der Waals surface area contributed by atoms with Gasteiger partial charge in [0.2, 0.25) is 0 Å². The van der Waals surface area contributed by atoms with E-state index in [0.29, 0.717) is 17.2 Å². The third-order valence-corrected chi connectivity index (χ3v) is 2.25. The zero-order valence-corrected chi connectivity index (χ0v) is 9.83. The molecule has 0 fully saturated rings. The van der Waals surface area contributed by atoms with Crippen molar-refractivity contribution in [1.82, 2.24) is 0 Å². The number of benzene rings is 1. The first-order chi connectivity index (χ1) is 7.50. The van der Waals surface area contributed by atoms with Gasteiger partial charge in [-0.2, -0.15) is 0 Å². The van der Waals surface area contributed by atoms with Gasteiger partial charge in [-0.1, -0.05) is 23.7 Å². The van der Waals surface area contributed by atoms with E-state index >= 15 is 0 Å². The molecule has 0 bridgehead atoms. The zero-order valence-electron chi connectivity index (χ0n) is 9.07. The standard InChI is InChI=1S/C11H15ClN2O2/c1-7(13)5-8-3-2-4-9(12)11(8)16-6-10(14)15/h2-4,7H,5-6,13H2,1H3,(H2,14,15). The first-order valence-corrected chi connectivity index (χ1v) is 5.32. The Balaban J connectivity index is 2.89. The van der Waals surface area contributed by atoms with Gasteiger partial charge < -0.3 is 16.2 Å². The van der Waals surface area contributed by atoms with E-state index < -0.39 is 5.91 Å². The van der Waals surface area contributed by atoms with E-state index in [1.807, 2.05) is 19.1 Å². The molecular formula is C11H15ClN2O2. The van der Waals surface area contributed by atoms with Gasteiger partial charge >= 0.3 is 0 Å². The number of hydrogen-bond donors (Lipinski definition) is 2. The van der Waals surface area contributed by atoms with Crippen molar-refractivity contribution in [2.45, 2.75) is 19.4 Å². The SMILES string of the molecule is CC(N)Cc1cccc(Cl)c1OCC(N)=O. The summed E-state index contributed by atoms with van der Waals surface area (Å²) in [6.07, 6.45) is 0.634. The van der Waals surface area contributed by atoms with Crippen molar-refractivity contribution < 1.29 is 9.53 Å². The Morgan fingerprint density at radius 3 is 2.81 bits per heavy atom. The second kappa shape index (κ2) is 5.72. The van der Waals surface area contributed by atoms with Gasteiger partial charge in [-0.05, 0) is 25.0 Å². The highest BCUT2D eigenvalue weighted by Crippen LogP contribution is 2.29. The topological polar surface area (TPSA) is 78.3 Å². The minimum absolute atomic E-state index is 0.00519. The molecule has 0 aliphatic rings. The molecule has 0 radical (unpaired) electrons. The maximum Gasteiger partial charge on any atom is 0.255 e. The smallest absolute Gasteiger partial charge is 0.255 e. The van der Waals surface area contributed by atoms with Crippen molar-refractivity contribution in [3.05, 3.63) is 28.8 Å². The van der Waals surface area contributed by atoms with Crippen molar-refractivity contribution in [2.24, 2.45) is 11.5 Å². The van der Waals surface area contributed by atoms with Gasteiger partial charge in [0.05, 0.1) is 5.02 Å². The van der Waals surface area contributed by atoms with Crippen LogP contribution in [0.3, 0.4) is 0 Å². The molecule has 1 atom stereocenters. The predicted octanol–water partition coefficient (Wildman–Crippen LogP) is 1.09. The third kappa shape index (κ3) is 3.72. The highest BCUT2D eigenvalue weighted by molar-refractivity contribution is 6.32. The molecule has 0 aliphatic carbocycles. The summed E-state index contributed by atoms with van der Waals surface area (Å²) in [6.45, 7) is 1.70. The molecular weight excluding hydrogens is 228 g/mol. The summed E-state index contributed by atoms with van der Waals surface area (Å²) >= 11 is 5.98. The number of halogens is 1. The number of hydrogen-bond acceptors (Lipinski definition) is 3. The van der Waals surface area contributed by atoms with E-state index in [1.54, 1.807) is 6.07 Å². The minimum atomic E-state index is -0.535. The Morgan fingerprint density at radius 2 is 2.25 bits per heavy atom. The molecule has 1 unspecified atom stereocenters. The molecule has 0 aromatic heterocycles. The van der Waals surface area contributed by atoms with Crippen LogP contribution < -0.4 is 16.2 Å². The van der Waals surface area contributed by atoms with E-state index in [2.05, 4.69) is 0 Å². The summed E-state index contributed by atoms with van der Waals surface area (Å²) in [7, 11) is 0. The lowest BCUT2D eigenvalue weighted by molar-refractivity contribution is -0.119. The number of carbonyl (C=O) groups excluding carboxylic acids is 1. The van der Waals surface area contributed by atoms with Crippen molar-refractivity contribution >= 4 is 17.5 Å². The summed E-state index contributed by atoms with van der Waals surface area (Å²) in [5, 5.41) is 0.458. The van der Waals surface area contributed by atoms with E-state index in [4.69, 9.17) is 27.8 Å². The second-order valence-corrected chi connectivity index (χ2v) is 4.07. The number of carbonyl (C=O) groups is 1. The van der Waals surface area contributed by atoms with Gasteiger partial charge in [0.1, 0.15) is 5.75 Å². The van der Waals surface area contributed by atoms with Crippen LogP contribution in [0.25, 0.3) is 0 Å². The monoisotopic (exact) mass is 242 g/mol. The predicted molar refractivity (Wildman–Crippen MR) is 63.5 cm³/mol. The van der Waals surface area contributed by atoms with Crippen LogP contribution in [-0.2, 0) is 11.2 Å². The molecule has 88 valence electrons. The van der Waals surface area contributed by atoms with Crippen molar-refractivity contribution in [2.75, 3.05) is 6.61 Å². The Labute approximate surface area is 99.5 Å². The second-order valence-electron chi connectivity index (χ2n) is 3.66. The van der Waals surface area contributed by atoms with Crippen LogP contribution in [0.1, 0.15) is 12.5 Å². The zero-order chi connectivity index (χ0) is 12.1. The molecule has 0 aliphatic heterocycles. The van der Waals surface area contributed by atoms with E-state index in [9.17, 15) is 4.79 Å². The van der Waals surface area contributed by atoms with E-state index in [0.717, 1.165) is 5.56 Å². The Morgan fingerprint density at radius 1 is 1.56 bits per heavy atom. The number of rotatable bonds is 5. The normalized spacial score (nSPS) is 12.2. The van der Waals surface area contributed by atoms with Crippen molar-refractivity contribution in [3.8, 4) is 5.75 Å². The molecule has 1 amide bonds. The summed E-state index contributed by atoms with van der Waals surface area (Å²) in [6, 6.07) is 5.38. The third-order valence-electron chi connectivity index (χ3n) is 1.95. The van der Waals surface area contributed by atoms with E-state index in [1.165, 1.54) is 0 Å². The Kier molecular flexibility index (Phi) is 4.58. The van der Waals surface area contributed by atoms with Gasteiger partial charge in [0.15, 0.2) is 6.61 Å². The van der Waals surface area contributed by atoms with Crippen LogP contribution in [0, 0.1) is 0 Å². The van der Waals surface area contributed by atoms with Crippen LogP contribution in [-0.4, -0.2) is 18.6 Å². The van der Waals surface area contributed by atoms with Crippen LogP contribution >= 0.6 is 11.6 Å². The lowest BCUT2D eigenvalue weighted by Crippen LogP contribution is -2.22. The lowest BCUT2D eigenvalue weighted by Gasteiger charge is -2.13. The minimum Gasteiger partial charge on any atom is -0.482 e. The number of ether oxygens (including phenoxy) is 1. The van der Waals surface area contributed by atoms with E-state index in [-0.39, 0.29) is 12.6 Å². The molecule has 0 spiro atoms. The molecule has 0 saturated carbocycles. The number of primary amides is 1. The fraction of sp³-hybridized carbons (Fsp3) is 0.364. The van der Waals surface area contributed by atoms with Crippen LogP contribution in [0.4, 0.5) is 0 Å². The average Bonchev–Trinajstić information content (AvgIpc) is 2.15.